The first-order valence-corrected chi connectivity index (χ1v) is 8.88. The standard InChI is InChI=1S/C21H22N2OS/c25-21(23-16-19-12-7-15-24-19)22-14-13-20(17-8-3-1-4-9-17)18-10-5-2-6-11-18/h1-12,15,20H,13-14,16H2,(H2,22,23,25). The Morgan fingerprint density at radius 3 is 2.04 bits per heavy atom. The second kappa shape index (κ2) is 9.04. The number of nitrogens with one attached hydrogen (secondary N) is 2. The van der Waals surface area contributed by atoms with Crippen LogP contribution in [0.15, 0.2) is 83.5 Å². The SMILES string of the molecule is S=C(NCCC(c1ccccc1)c1ccccc1)NCc1ccco1. The first-order valence-electron chi connectivity index (χ1n) is 8.47. The summed E-state index contributed by atoms with van der Waals surface area (Å²) in [6.45, 7) is 1.40. The van der Waals surface area contributed by atoms with Gasteiger partial charge in [-0.1, -0.05) is 60.7 Å². The molecule has 0 atom stereocenters. The predicted molar refractivity (Wildman–Crippen MR) is 105 cm³/mol. The van der Waals surface area contributed by atoms with Gasteiger partial charge in [-0.05, 0) is 41.9 Å². The van der Waals surface area contributed by atoms with Crippen molar-refractivity contribution in [3.63, 3.8) is 0 Å². The van der Waals surface area contributed by atoms with Crippen molar-refractivity contribution in [3.8, 4) is 0 Å². The van der Waals surface area contributed by atoms with E-state index in [0.717, 1.165) is 18.7 Å². The number of benzene rings is 2. The van der Waals surface area contributed by atoms with Crippen LogP contribution in [0.1, 0.15) is 29.2 Å². The summed E-state index contributed by atoms with van der Waals surface area (Å²) >= 11 is 5.35. The Labute approximate surface area is 154 Å². The minimum absolute atomic E-state index is 0.350. The van der Waals surface area contributed by atoms with Gasteiger partial charge in [0.25, 0.3) is 0 Å². The topological polar surface area (TPSA) is 37.2 Å². The molecule has 1 aromatic heterocycles. The molecule has 0 saturated heterocycles. The quantitative estimate of drug-likeness (QED) is 0.617. The summed E-state index contributed by atoms with van der Waals surface area (Å²) in [7, 11) is 0. The van der Waals surface area contributed by atoms with Crippen LogP contribution in [0, 0.1) is 0 Å². The largest absolute Gasteiger partial charge is 0.467 e. The highest BCUT2D eigenvalue weighted by Gasteiger charge is 2.13. The van der Waals surface area contributed by atoms with E-state index in [9.17, 15) is 0 Å². The van der Waals surface area contributed by atoms with Gasteiger partial charge in [-0.25, -0.2) is 0 Å². The molecule has 3 rings (SSSR count). The van der Waals surface area contributed by atoms with Crippen molar-refractivity contribution in [3.05, 3.63) is 95.9 Å². The van der Waals surface area contributed by atoms with Crippen LogP contribution in [-0.4, -0.2) is 11.7 Å². The normalized spacial score (nSPS) is 10.6. The highest BCUT2D eigenvalue weighted by atomic mass is 32.1. The van der Waals surface area contributed by atoms with Crippen molar-refractivity contribution >= 4 is 17.3 Å². The van der Waals surface area contributed by atoms with Crippen molar-refractivity contribution in [1.29, 1.82) is 0 Å². The third kappa shape index (κ3) is 5.19. The molecule has 0 saturated carbocycles. The van der Waals surface area contributed by atoms with Gasteiger partial charge in [-0.2, -0.15) is 0 Å². The summed E-state index contributed by atoms with van der Waals surface area (Å²) in [5, 5.41) is 7.11. The van der Waals surface area contributed by atoms with Crippen LogP contribution in [0.3, 0.4) is 0 Å². The molecule has 0 unspecified atom stereocenters. The molecule has 0 fully saturated rings. The van der Waals surface area contributed by atoms with E-state index in [-0.39, 0.29) is 0 Å². The predicted octanol–water partition coefficient (Wildman–Crippen LogP) is 4.47. The molecule has 0 aliphatic rings. The highest BCUT2D eigenvalue weighted by Crippen LogP contribution is 2.27. The molecular weight excluding hydrogens is 328 g/mol. The van der Waals surface area contributed by atoms with Crippen LogP contribution in [-0.2, 0) is 6.54 Å². The summed E-state index contributed by atoms with van der Waals surface area (Å²) in [5.41, 5.74) is 2.65. The Morgan fingerprint density at radius 2 is 1.48 bits per heavy atom. The van der Waals surface area contributed by atoms with Crippen molar-refractivity contribution in [2.24, 2.45) is 0 Å². The van der Waals surface area contributed by atoms with Gasteiger partial charge in [-0.15, -0.1) is 0 Å². The van der Waals surface area contributed by atoms with Gasteiger partial charge in [-0.3, -0.25) is 0 Å². The maximum Gasteiger partial charge on any atom is 0.166 e. The first-order chi connectivity index (χ1) is 12.3. The van der Waals surface area contributed by atoms with E-state index in [1.807, 2.05) is 12.1 Å². The fourth-order valence-electron chi connectivity index (χ4n) is 2.87. The summed E-state index contributed by atoms with van der Waals surface area (Å²) in [6.07, 6.45) is 2.63. The van der Waals surface area contributed by atoms with Gasteiger partial charge in [0.05, 0.1) is 12.8 Å². The van der Waals surface area contributed by atoms with Gasteiger partial charge in [0.1, 0.15) is 5.76 Å². The number of hydrogen-bond donors (Lipinski definition) is 2. The fourth-order valence-corrected chi connectivity index (χ4v) is 3.04. The first kappa shape index (κ1) is 17.2. The van der Waals surface area contributed by atoms with Crippen molar-refractivity contribution in [1.82, 2.24) is 10.6 Å². The zero-order valence-electron chi connectivity index (χ0n) is 14.0. The van der Waals surface area contributed by atoms with Gasteiger partial charge in [0, 0.05) is 12.5 Å². The fraction of sp³-hybridized carbons (Fsp3) is 0.190. The van der Waals surface area contributed by atoms with Gasteiger partial charge in [0.2, 0.25) is 0 Å². The lowest BCUT2D eigenvalue weighted by molar-refractivity contribution is 0.502. The molecular formula is C21H22N2OS. The molecule has 0 aliphatic heterocycles. The zero-order valence-corrected chi connectivity index (χ0v) is 14.8. The van der Waals surface area contributed by atoms with Crippen LogP contribution in [0.25, 0.3) is 0 Å². The van der Waals surface area contributed by atoms with Gasteiger partial charge < -0.3 is 15.1 Å². The molecule has 0 bridgehead atoms. The summed E-state index contributed by atoms with van der Waals surface area (Å²) in [5.74, 6) is 1.22. The van der Waals surface area contributed by atoms with Gasteiger partial charge in [0.15, 0.2) is 5.11 Å². The molecule has 128 valence electrons. The van der Waals surface area contributed by atoms with E-state index < -0.39 is 0 Å². The minimum atomic E-state index is 0.350. The van der Waals surface area contributed by atoms with E-state index in [2.05, 4.69) is 71.3 Å². The molecule has 1 heterocycles. The lowest BCUT2D eigenvalue weighted by atomic mass is 9.88. The van der Waals surface area contributed by atoms with Crippen molar-refractivity contribution < 1.29 is 4.42 Å². The summed E-state index contributed by atoms with van der Waals surface area (Å²) in [4.78, 5) is 0. The monoisotopic (exact) mass is 350 g/mol. The second-order valence-electron chi connectivity index (χ2n) is 5.85. The molecule has 2 N–H and O–H groups in total. The van der Waals surface area contributed by atoms with Crippen LogP contribution < -0.4 is 10.6 Å². The van der Waals surface area contributed by atoms with E-state index in [4.69, 9.17) is 16.6 Å². The van der Waals surface area contributed by atoms with Crippen LogP contribution in [0.2, 0.25) is 0 Å². The number of rotatable bonds is 7. The third-order valence-corrected chi connectivity index (χ3v) is 4.41. The lowest BCUT2D eigenvalue weighted by Gasteiger charge is -2.19. The Balaban J connectivity index is 1.55. The van der Waals surface area contributed by atoms with Crippen molar-refractivity contribution in [2.75, 3.05) is 6.54 Å². The number of hydrogen-bond acceptors (Lipinski definition) is 2. The maximum absolute atomic E-state index is 5.35. The molecule has 0 spiro atoms. The molecule has 0 radical (unpaired) electrons. The zero-order chi connectivity index (χ0) is 17.3. The van der Waals surface area contributed by atoms with Crippen LogP contribution in [0.4, 0.5) is 0 Å². The van der Waals surface area contributed by atoms with Crippen LogP contribution >= 0.6 is 12.2 Å². The van der Waals surface area contributed by atoms with E-state index in [1.54, 1.807) is 6.26 Å². The molecule has 25 heavy (non-hydrogen) atoms. The molecule has 0 aliphatic carbocycles. The summed E-state index contributed by atoms with van der Waals surface area (Å²) in [6, 6.07) is 25.0. The average Bonchev–Trinajstić information content (AvgIpc) is 3.19. The van der Waals surface area contributed by atoms with Crippen LogP contribution in [0.5, 0.6) is 0 Å². The maximum atomic E-state index is 5.35. The van der Waals surface area contributed by atoms with Crippen molar-refractivity contribution in [2.45, 2.75) is 18.9 Å². The van der Waals surface area contributed by atoms with E-state index in [0.29, 0.717) is 17.6 Å². The number of furan rings is 1. The molecule has 3 aromatic rings. The van der Waals surface area contributed by atoms with E-state index >= 15 is 0 Å². The smallest absolute Gasteiger partial charge is 0.166 e. The second-order valence-corrected chi connectivity index (χ2v) is 6.26. The van der Waals surface area contributed by atoms with Gasteiger partial charge >= 0.3 is 0 Å². The Hall–Kier alpha value is -2.59. The summed E-state index contributed by atoms with van der Waals surface area (Å²) < 4.78 is 5.29. The highest BCUT2D eigenvalue weighted by molar-refractivity contribution is 7.80. The number of thiocarbonyl (C=S) groups is 1. The minimum Gasteiger partial charge on any atom is -0.467 e. The Morgan fingerprint density at radius 1 is 0.840 bits per heavy atom. The molecule has 2 aromatic carbocycles. The Kier molecular flexibility index (Phi) is 6.23. The molecule has 3 nitrogen and oxygen atoms in total. The van der Waals surface area contributed by atoms with E-state index in [1.165, 1.54) is 11.1 Å². The molecule has 4 heteroatoms. The average molecular weight is 350 g/mol. The third-order valence-electron chi connectivity index (χ3n) is 4.13. The molecule has 0 amide bonds. The Bertz CT molecular complexity index is 718. The lowest BCUT2D eigenvalue weighted by Crippen LogP contribution is -2.35.